The number of nitrogens with zero attached hydrogens (tertiary/aromatic N) is 1. The van der Waals surface area contributed by atoms with Crippen LogP contribution in [0.15, 0.2) is 42.5 Å². The molecule has 0 saturated carbocycles. The third-order valence-electron chi connectivity index (χ3n) is 2.13. The van der Waals surface area contributed by atoms with Crippen LogP contribution in [-0.4, -0.2) is 0 Å². The number of hydrogen-bond acceptors (Lipinski definition) is 2. The van der Waals surface area contributed by atoms with E-state index < -0.39 is 11.6 Å². The van der Waals surface area contributed by atoms with Gasteiger partial charge < -0.3 is 4.74 Å². The van der Waals surface area contributed by atoms with Crippen LogP contribution in [-0.2, 0) is 0 Å². The Bertz CT molecular complexity index is 573. The van der Waals surface area contributed by atoms with Crippen LogP contribution in [0.25, 0.3) is 0 Å². The molecule has 0 spiro atoms. The number of ether oxygens (including phenoxy) is 1. The summed E-state index contributed by atoms with van der Waals surface area (Å²) in [5.41, 5.74) is -0.170. The highest BCUT2D eigenvalue weighted by Gasteiger charge is 2.09. The molecule has 2 rings (SSSR count). The monoisotopic (exact) mass is 231 g/mol. The lowest BCUT2D eigenvalue weighted by atomic mass is 10.2. The van der Waals surface area contributed by atoms with Gasteiger partial charge >= 0.3 is 0 Å². The van der Waals surface area contributed by atoms with Crippen LogP contribution in [0.2, 0.25) is 0 Å². The van der Waals surface area contributed by atoms with Crippen LogP contribution < -0.4 is 4.74 Å². The molecule has 0 bridgehead atoms. The van der Waals surface area contributed by atoms with Crippen molar-refractivity contribution in [1.29, 1.82) is 5.26 Å². The quantitative estimate of drug-likeness (QED) is 0.790. The van der Waals surface area contributed by atoms with E-state index in [1.165, 1.54) is 42.5 Å². The van der Waals surface area contributed by atoms with E-state index in [4.69, 9.17) is 10.00 Å². The van der Waals surface area contributed by atoms with Gasteiger partial charge in [0, 0.05) is 0 Å². The molecule has 0 radical (unpaired) electrons. The zero-order valence-electron chi connectivity index (χ0n) is 8.65. The smallest absolute Gasteiger partial charge is 0.148 e. The third-order valence-corrected chi connectivity index (χ3v) is 2.13. The molecule has 2 aromatic carbocycles. The molecule has 0 aliphatic carbocycles. The minimum Gasteiger partial charge on any atom is -0.456 e. The van der Waals surface area contributed by atoms with Crippen molar-refractivity contribution in [3.8, 4) is 17.6 Å². The van der Waals surface area contributed by atoms with E-state index in [0.29, 0.717) is 5.75 Å². The van der Waals surface area contributed by atoms with E-state index in [1.54, 1.807) is 6.07 Å². The second-order valence-electron chi connectivity index (χ2n) is 3.28. The maximum atomic E-state index is 13.3. The molecule has 0 aromatic heterocycles. The van der Waals surface area contributed by atoms with Crippen molar-refractivity contribution in [3.63, 3.8) is 0 Å². The Morgan fingerprint density at radius 3 is 2.35 bits per heavy atom. The second-order valence-corrected chi connectivity index (χ2v) is 3.28. The summed E-state index contributed by atoms with van der Waals surface area (Å²) in [6, 6.07) is 11.1. The molecule has 0 fully saturated rings. The summed E-state index contributed by atoms with van der Waals surface area (Å²) < 4.78 is 31.2. The van der Waals surface area contributed by atoms with E-state index in [1.807, 2.05) is 0 Å². The largest absolute Gasteiger partial charge is 0.456 e. The van der Waals surface area contributed by atoms with Crippen molar-refractivity contribution in [2.45, 2.75) is 0 Å². The van der Waals surface area contributed by atoms with Gasteiger partial charge in [0.2, 0.25) is 0 Å². The van der Waals surface area contributed by atoms with Crippen LogP contribution >= 0.6 is 0 Å². The first-order valence-corrected chi connectivity index (χ1v) is 4.83. The van der Waals surface area contributed by atoms with Crippen molar-refractivity contribution in [2.24, 2.45) is 0 Å². The van der Waals surface area contributed by atoms with Gasteiger partial charge in [0.1, 0.15) is 34.8 Å². The summed E-state index contributed by atoms with van der Waals surface area (Å²) in [6.07, 6.45) is 0. The molecule has 0 aliphatic heterocycles. The number of benzene rings is 2. The predicted octanol–water partition coefficient (Wildman–Crippen LogP) is 3.63. The molecule has 2 nitrogen and oxygen atoms in total. The van der Waals surface area contributed by atoms with Crippen LogP contribution in [0.5, 0.6) is 11.5 Å². The molecular weight excluding hydrogens is 224 g/mol. The van der Waals surface area contributed by atoms with Gasteiger partial charge in [-0.3, -0.25) is 0 Å². The molecule has 2 aromatic rings. The average Bonchev–Trinajstić information content (AvgIpc) is 2.32. The minimum atomic E-state index is -0.646. The lowest BCUT2D eigenvalue weighted by molar-refractivity contribution is 0.472. The Morgan fingerprint density at radius 1 is 1.00 bits per heavy atom. The van der Waals surface area contributed by atoms with E-state index in [9.17, 15) is 8.78 Å². The number of rotatable bonds is 2. The predicted molar refractivity (Wildman–Crippen MR) is 57.6 cm³/mol. The van der Waals surface area contributed by atoms with Crippen molar-refractivity contribution in [3.05, 3.63) is 59.7 Å². The van der Waals surface area contributed by atoms with E-state index in [-0.39, 0.29) is 11.3 Å². The molecule has 0 heterocycles. The zero-order valence-corrected chi connectivity index (χ0v) is 8.65. The summed E-state index contributed by atoms with van der Waals surface area (Å²) >= 11 is 0. The highest BCUT2D eigenvalue weighted by atomic mass is 19.1. The first-order valence-electron chi connectivity index (χ1n) is 4.83. The lowest BCUT2D eigenvalue weighted by Gasteiger charge is -2.07. The molecule has 17 heavy (non-hydrogen) atoms. The summed E-state index contributed by atoms with van der Waals surface area (Å²) in [4.78, 5) is 0. The third kappa shape index (κ3) is 2.40. The average molecular weight is 231 g/mol. The summed E-state index contributed by atoms with van der Waals surface area (Å²) in [5.74, 6) is -0.586. The maximum absolute atomic E-state index is 13.3. The fraction of sp³-hybridized carbons (Fsp3) is 0. The standard InChI is InChI=1S/C13H7F2NO/c14-9-4-6-10(7-5-9)17-13-3-1-2-12(15)11(13)8-16/h1-7H. The van der Waals surface area contributed by atoms with E-state index >= 15 is 0 Å². The zero-order chi connectivity index (χ0) is 12.3. The van der Waals surface area contributed by atoms with Crippen LogP contribution in [0, 0.1) is 23.0 Å². The summed E-state index contributed by atoms with van der Waals surface area (Å²) in [7, 11) is 0. The van der Waals surface area contributed by atoms with Crippen LogP contribution in [0.1, 0.15) is 5.56 Å². The normalized spacial score (nSPS) is 9.71. The second kappa shape index (κ2) is 4.62. The fourth-order valence-electron chi connectivity index (χ4n) is 1.33. The minimum absolute atomic E-state index is 0.110. The first kappa shape index (κ1) is 11.1. The highest BCUT2D eigenvalue weighted by molar-refractivity contribution is 5.46. The Labute approximate surface area is 96.7 Å². The molecular formula is C13H7F2NO. The molecule has 0 saturated heterocycles. The maximum Gasteiger partial charge on any atom is 0.148 e. The van der Waals surface area contributed by atoms with Gasteiger partial charge in [-0.15, -0.1) is 0 Å². The Morgan fingerprint density at radius 2 is 1.71 bits per heavy atom. The summed E-state index contributed by atoms with van der Waals surface area (Å²) in [5, 5.41) is 8.79. The van der Waals surface area contributed by atoms with E-state index in [0.717, 1.165) is 0 Å². The van der Waals surface area contributed by atoms with Gasteiger partial charge in [-0.2, -0.15) is 5.26 Å². The molecule has 84 valence electrons. The Kier molecular flexibility index (Phi) is 3.01. The Balaban J connectivity index is 2.34. The number of halogens is 2. The fourth-order valence-corrected chi connectivity index (χ4v) is 1.33. The van der Waals surface area contributed by atoms with Crippen LogP contribution in [0.3, 0.4) is 0 Å². The topological polar surface area (TPSA) is 33.0 Å². The molecule has 0 unspecified atom stereocenters. The molecule has 4 heteroatoms. The highest BCUT2D eigenvalue weighted by Crippen LogP contribution is 2.26. The van der Waals surface area contributed by atoms with Gasteiger partial charge in [-0.05, 0) is 36.4 Å². The molecule has 0 N–H and O–H groups in total. The number of nitriles is 1. The number of hydrogen-bond donors (Lipinski definition) is 0. The van der Waals surface area contributed by atoms with Gasteiger partial charge in [-0.25, -0.2) is 8.78 Å². The van der Waals surface area contributed by atoms with E-state index in [2.05, 4.69) is 0 Å². The van der Waals surface area contributed by atoms with Crippen molar-refractivity contribution in [2.75, 3.05) is 0 Å². The van der Waals surface area contributed by atoms with Gasteiger partial charge in [0.25, 0.3) is 0 Å². The molecule has 0 amide bonds. The lowest BCUT2D eigenvalue weighted by Crippen LogP contribution is -1.91. The molecule has 0 aliphatic rings. The SMILES string of the molecule is N#Cc1c(F)cccc1Oc1ccc(F)cc1. The van der Waals surface area contributed by atoms with Crippen molar-refractivity contribution >= 4 is 0 Å². The van der Waals surface area contributed by atoms with Gasteiger partial charge in [0.05, 0.1) is 0 Å². The van der Waals surface area contributed by atoms with Crippen LogP contribution in [0.4, 0.5) is 8.78 Å². The Hall–Kier alpha value is -2.41. The first-order chi connectivity index (χ1) is 8.20. The molecule has 0 atom stereocenters. The van der Waals surface area contributed by atoms with Crippen molar-refractivity contribution in [1.82, 2.24) is 0 Å². The van der Waals surface area contributed by atoms with Gasteiger partial charge in [0.15, 0.2) is 0 Å². The van der Waals surface area contributed by atoms with Crippen molar-refractivity contribution < 1.29 is 13.5 Å². The van der Waals surface area contributed by atoms with Gasteiger partial charge in [-0.1, -0.05) is 6.07 Å². The summed E-state index contributed by atoms with van der Waals surface area (Å²) in [6.45, 7) is 0.